The summed E-state index contributed by atoms with van der Waals surface area (Å²) in [5.41, 5.74) is -1.98. The van der Waals surface area contributed by atoms with Gasteiger partial charge in [-0.05, 0) is 12.8 Å². The standard InChI is InChI=1S/C9H13FN2O3/c1-3-5(4-2)12-8(14)6(10)7(13)11-9(12)15/h5,14H,3-4H2,1-2H3,(H,11,13,15). The summed E-state index contributed by atoms with van der Waals surface area (Å²) in [6.07, 6.45) is 1.13. The number of aromatic nitrogens is 2. The van der Waals surface area contributed by atoms with Gasteiger partial charge in [0.25, 0.3) is 5.56 Å². The van der Waals surface area contributed by atoms with Crippen molar-refractivity contribution >= 4 is 0 Å². The van der Waals surface area contributed by atoms with Crippen molar-refractivity contribution in [3.63, 3.8) is 0 Å². The van der Waals surface area contributed by atoms with E-state index in [9.17, 15) is 19.1 Å². The van der Waals surface area contributed by atoms with Crippen molar-refractivity contribution in [2.75, 3.05) is 0 Å². The minimum Gasteiger partial charge on any atom is -0.492 e. The molecule has 15 heavy (non-hydrogen) atoms. The van der Waals surface area contributed by atoms with E-state index < -0.39 is 22.9 Å². The lowest BCUT2D eigenvalue weighted by Gasteiger charge is -2.16. The molecule has 5 nitrogen and oxygen atoms in total. The van der Waals surface area contributed by atoms with Gasteiger partial charge in [0, 0.05) is 6.04 Å². The third-order valence-corrected chi connectivity index (χ3v) is 2.37. The van der Waals surface area contributed by atoms with E-state index in [1.54, 1.807) is 0 Å². The first-order chi connectivity index (χ1) is 7.02. The van der Waals surface area contributed by atoms with Crippen LogP contribution in [-0.4, -0.2) is 14.7 Å². The zero-order valence-corrected chi connectivity index (χ0v) is 8.58. The molecule has 0 bridgehead atoms. The molecule has 2 N–H and O–H groups in total. The summed E-state index contributed by atoms with van der Waals surface area (Å²) in [6.45, 7) is 3.62. The van der Waals surface area contributed by atoms with E-state index >= 15 is 0 Å². The molecular weight excluding hydrogens is 203 g/mol. The first-order valence-electron chi connectivity index (χ1n) is 4.76. The van der Waals surface area contributed by atoms with E-state index in [2.05, 4.69) is 0 Å². The highest BCUT2D eigenvalue weighted by atomic mass is 19.1. The van der Waals surface area contributed by atoms with Crippen LogP contribution in [0.5, 0.6) is 5.88 Å². The number of nitrogens with one attached hydrogen (secondary N) is 1. The molecule has 0 atom stereocenters. The Bertz CT molecular complexity index is 459. The molecule has 1 aromatic rings. The molecule has 0 saturated carbocycles. The molecule has 0 aliphatic heterocycles. The zero-order chi connectivity index (χ0) is 11.6. The van der Waals surface area contributed by atoms with Crippen LogP contribution in [0, 0.1) is 5.82 Å². The number of H-pyrrole nitrogens is 1. The third kappa shape index (κ3) is 1.93. The minimum atomic E-state index is -1.32. The monoisotopic (exact) mass is 216 g/mol. The number of hydrogen-bond acceptors (Lipinski definition) is 3. The number of rotatable bonds is 3. The molecule has 0 aliphatic carbocycles. The van der Waals surface area contributed by atoms with E-state index in [-0.39, 0.29) is 6.04 Å². The van der Waals surface area contributed by atoms with Gasteiger partial charge in [0.2, 0.25) is 11.7 Å². The third-order valence-electron chi connectivity index (χ3n) is 2.37. The summed E-state index contributed by atoms with van der Waals surface area (Å²) in [7, 11) is 0. The van der Waals surface area contributed by atoms with Crippen LogP contribution >= 0.6 is 0 Å². The van der Waals surface area contributed by atoms with E-state index in [4.69, 9.17) is 0 Å². The van der Waals surface area contributed by atoms with Crippen molar-refractivity contribution in [2.45, 2.75) is 32.7 Å². The van der Waals surface area contributed by atoms with Crippen molar-refractivity contribution < 1.29 is 9.50 Å². The molecule has 1 rings (SSSR count). The van der Waals surface area contributed by atoms with Crippen LogP contribution in [0.1, 0.15) is 32.7 Å². The molecule has 0 radical (unpaired) electrons. The molecule has 0 unspecified atom stereocenters. The molecule has 1 aromatic heterocycles. The summed E-state index contributed by atoms with van der Waals surface area (Å²) < 4.78 is 13.9. The Balaban J connectivity index is 3.48. The van der Waals surface area contributed by atoms with Crippen LogP contribution in [0.4, 0.5) is 4.39 Å². The quantitative estimate of drug-likeness (QED) is 0.782. The molecular formula is C9H13FN2O3. The molecule has 0 saturated heterocycles. The lowest BCUT2D eigenvalue weighted by Crippen LogP contribution is -2.34. The predicted molar refractivity (Wildman–Crippen MR) is 52.6 cm³/mol. The molecule has 0 spiro atoms. The Labute approximate surface area is 85.2 Å². The maximum Gasteiger partial charge on any atom is 0.331 e. The smallest absolute Gasteiger partial charge is 0.331 e. The number of nitrogens with zero attached hydrogens (tertiary/aromatic N) is 1. The summed E-state index contributed by atoms with van der Waals surface area (Å²) in [5, 5.41) is 9.36. The highest BCUT2D eigenvalue weighted by Gasteiger charge is 2.18. The number of aromatic amines is 1. The summed E-state index contributed by atoms with van der Waals surface area (Å²) in [5.74, 6) is -2.21. The van der Waals surface area contributed by atoms with Crippen molar-refractivity contribution in [3.8, 4) is 5.88 Å². The second-order valence-electron chi connectivity index (χ2n) is 3.24. The van der Waals surface area contributed by atoms with Crippen molar-refractivity contribution in [3.05, 3.63) is 26.7 Å². The van der Waals surface area contributed by atoms with E-state index in [0.29, 0.717) is 12.8 Å². The van der Waals surface area contributed by atoms with Gasteiger partial charge in [0.15, 0.2) is 0 Å². The molecule has 84 valence electrons. The molecule has 0 aromatic carbocycles. The highest BCUT2D eigenvalue weighted by molar-refractivity contribution is 5.10. The number of aromatic hydroxyl groups is 1. The van der Waals surface area contributed by atoms with Crippen LogP contribution in [0.3, 0.4) is 0 Å². The van der Waals surface area contributed by atoms with Crippen molar-refractivity contribution in [1.29, 1.82) is 0 Å². The van der Waals surface area contributed by atoms with Crippen molar-refractivity contribution in [2.24, 2.45) is 0 Å². The lowest BCUT2D eigenvalue weighted by atomic mass is 10.1. The Morgan fingerprint density at radius 1 is 1.40 bits per heavy atom. The van der Waals surface area contributed by atoms with Gasteiger partial charge in [-0.1, -0.05) is 13.8 Å². The van der Waals surface area contributed by atoms with Gasteiger partial charge >= 0.3 is 5.69 Å². The Hall–Kier alpha value is -1.59. The second kappa shape index (κ2) is 4.29. The Morgan fingerprint density at radius 2 is 1.93 bits per heavy atom. The van der Waals surface area contributed by atoms with Crippen LogP contribution in [-0.2, 0) is 0 Å². The van der Waals surface area contributed by atoms with Gasteiger partial charge < -0.3 is 5.11 Å². The minimum absolute atomic E-state index is 0.316. The fraction of sp³-hybridized carbons (Fsp3) is 0.556. The van der Waals surface area contributed by atoms with Crippen LogP contribution < -0.4 is 11.2 Å². The largest absolute Gasteiger partial charge is 0.492 e. The molecule has 0 amide bonds. The lowest BCUT2D eigenvalue weighted by molar-refractivity contribution is 0.321. The number of halogens is 1. The average Bonchev–Trinajstić information content (AvgIpc) is 2.21. The first kappa shape index (κ1) is 11.5. The number of hydrogen-bond donors (Lipinski definition) is 2. The summed E-state index contributed by atoms with van der Waals surface area (Å²) >= 11 is 0. The van der Waals surface area contributed by atoms with E-state index in [1.807, 2.05) is 18.8 Å². The fourth-order valence-electron chi connectivity index (χ4n) is 1.51. The summed E-state index contributed by atoms with van der Waals surface area (Å²) in [4.78, 5) is 24.0. The van der Waals surface area contributed by atoms with Gasteiger partial charge in [-0.3, -0.25) is 14.3 Å². The van der Waals surface area contributed by atoms with Gasteiger partial charge in [0.05, 0.1) is 0 Å². The van der Waals surface area contributed by atoms with Crippen molar-refractivity contribution in [1.82, 2.24) is 9.55 Å². The zero-order valence-electron chi connectivity index (χ0n) is 8.58. The first-order valence-corrected chi connectivity index (χ1v) is 4.76. The van der Waals surface area contributed by atoms with E-state index in [1.165, 1.54) is 0 Å². The van der Waals surface area contributed by atoms with Gasteiger partial charge in [-0.25, -0.2) is 4.79 Å². The SMILES string of the molecule is CCC(CC)n1c(O)c(F)c(=O)[nH]c1=O. The van der Waals surface area contributed by atoms with E-state index in [0.717, 1.165) is 4.57 Å². The predicted octanol–water partition coefficient (Wildman–Crippen LogP) is 0.742. The second-order valence-corrected chi connectivity index (χ2v) is 3.24. The highest BCUT2D eigenvalue weighted by Crippen LogP contribution is 2.19. The molecule has 6 heteroatoms. The normalized spacial score (nSPS) is 10.9. The average molecular weight is 216 g/mol. The molecule has 0 fully saturated rings. The van der Waals surface area contributed by atoms with Crippen LogP contribution in [0.25, 0.3) is 0 Å². The maximum atomic E-state index is 13.1. The van der Waals surface area contributed by atoms with Crippen LogP contribution in [0.2, 0.25) is 0 Å². The van der Waals surface area contributed by atoms with Gasteiger partial charge in [-0.15, -0.1) is 0 Å². The van der Waals surface area contributed by atoms with Gasteiger partial charge in [0.1, 0.15) is 0 Å². The molecule has 1 heterocycles. The summed E-state index contributed by atoms with van der Waals surface area (Å²) in [6, 6.07) is -0.316. The molecule has 0 aliphatic rings. The maximum absolute atomic E-state index is 13.1. The topological polar surface area (TPSA) is 75.1 Å². The Kier molecular flexibility index (Phi) is 3.28. The fourth-order valence-corrected chi connectivity index (χ4v) is 1.51. The van der Waals surface area contributed by atoms with Gasteiger partial charge in [-0.2, -0.15) is 4.39 Å². The Morgan fingerprint density at radius 3 is 2.40 bits per heavy atom. The van der Waals surface area contributed by atoms with Crippen LogP contribution in [0.15, 0.2) is 9.59 Å².